The third-order valence-corrected chi connectivity index (χ3v) is 8.85. The molecule has 0 atom stereocenters. The zero-order valence-electron chi connectivity index (χ0n) is 31.9. The van der Waals surface area contributed by atoms with Crippen molar-refractivity contribution in [3.8, 4) is 22.3 Å². The molecule has 0 bridgehead atoms. The normalized spacial score (nSPS) is 12.6. The van der Waals surface area contributed by atoms with E-state index in [1.54, 1.807) is 0 Å². The van der Waals surface area contributed by atoms with Crippen molar-refractivity contribution in [1.29, 1.82) is 0 Å². The minimum Gasteiger partial charge on any atom is -0.317 e. The average molecular weight is 703 g/mol. The van der Waals surface area contributed by atoms with Gasteiger partial charge < -0.3 is 9.80 Å². The largest absolute Gasteiger partial charge is 0.317 e. The molecule has 0 spiro atoms. The molecule has 5 rings (SSSR count). The Labute approximate surface area is 323 Å². The van der Waals surface area contributed by atoms with Crippen LogP contribution in [0.2, 0.25) is 0 Å². The van der Waals surface area contributed by atoms with E-state index in [0.717, 1.165) is 56.3 Å². The van der Waals surface area contributed by atoms with Gasteiger partial charge in [-0.3, -0.25) is 0 Å². The first-order valence-electron chi connectivity index (χ1n) is 18.4. The van der Waals surface area contributed by atoms with Gasteiger partial charge in [-0.2, -0.15) is 0 Å². The van der Waals surface area contributed by atoms with Crippen LogP contribution in [0.3, 0.4) is 0 Å². The van der Waals surface area contributed by atoms with Gasteiger partial charge in [0.25, 0.3) is 0 Å². The van der Waals surface area contributed by atoms with Gasteiger partial charge in [0.15, 0.2) is 0 Å². The van der Waals surface area contributed by atoms with Gasteiger partial charge >= 0.3 is 0 Å². The maximum Gasteiger partial charge on any atom is 0.0462 e. The molecule has 268 valence electrons. The van der Waals surface area contributed by atoms with E-state index in [2.05, 4.69) is 200 Å². The smallest absolute Gasteiger partial charge is 0.0462 e. The molecule has 0 saturated carbocycles. The molecule has 0 fully saturated rings. The SMILES string of the molecule is C=C/C=C(\C=C/C)N(/C=C/C=C(\C=C/C)c1ccccc1)c1ccc(-c2cccc(-c3ccc(N(C(/C=C\C)=C/C=C)c4ccc(C)cc4)cc3)c2)cc1. The molecule has 0 aliphatic rings. The van der Waals surface area contributed by atoms with Gasteiger partial charge in [-0.25, -0.2) is 0 Å². The van der Waals surface area contributed by atoms with Crippen LogP contribution in [0.4, 0.5) is 17.1 Å². The predicted molar refractivity (Wildman–Crippen MR) is 238 cm³/mol. The highest BCUT2D eigenvalue weighted by Gasteiger charge is 2.14. The van der Waals surface area contributed by atoms with Gasteiger partial charge in [-0.1, -0.05) is 146 Å². The van der Waals surface area contributed by atoms with Crippen molar-refractivity contribution < 1.29 is 0 Å². The monoisotopic (exact) mass is 702 g/mol. The van der Waals surface area contributed by atoms with Gasteiger partial charge in [0.05, 0.1) is 0 Å². The molecule has 54 heavy (non-hydrogen) atoms. The summed E-state index contributed by atoms with van der Waals surface area (Å²) in [4.78, 5) is 4.44. The summed E-state index contributed by atoms with van der Waals surface area (Å²) in [6, 6.07) is 45.3. The van der Waals surface area contributed by atoms with Crippen LogP contribution in [0.25, 0.3) is 27.8 Å². The molecule has 2 nitrogen and oxygen atoms in total. The zero-order chi connectivity index (χ0) is 38.1. The van der Waals surface area contributed by atoms with Crippen molar-refractivity contribution >= 4 is 22.6 Å². The third kappa shape index (κ3) is 10.0. The Morgan fingerprint density at radius 2 is 1.02 bits per heavy atom. The fraction of sp³-hybridized carbons (Fsp3) is 0.0769. The van der Waals surface area contributed by atoms with Crippen LogP contribution in [0, 0.1) is 6.92 Å². The van der Waals surface area contributed by atoms with E-state index in [0.29, 0.717) is 0 Å². The average Bonchev–Trinajstić information content (AvgIpc) is 3.21. The lowest BCUT2D eigenvalue weighted by Gasteiger charge is -2.26. The quantitative estimate of drug-likeness (QED) is 0.100. The van der Waals surface area contributed by atoms with Crippen LogP contribution in [0.5, 0.6) is 0 Å². The Morgan fingerprint density at radius 3 is 1.57 bits per heavy atom. The molecule has 0 saturated heterocycles. The standard InChI is InChI=1S/C52H50N2/c1-7-17-42(43-22-13-12-14-23-43)26-16-39-53(48(18-8-2)19-9-3)49-35-29-44(30-36-49)46-24-15-25-47(40-46)45-31-37-52(38-32-45)54(50(20-10-4)21-11-5)51-33-27-41(6)28-34-51/h7-40H,2,4H2,1,3,5-6H3/b17-7-,19-9-,21-11-,39-16+,42-26+,48-18+,50-20+. The van der Waals surface area contributed by atoms with Crippen LogP contribution in [0.15, 0.2) is 231 Å². The van der Waals surface area contributed by atoms with Crippen molar-refractivity contribution in [2.24, 2.45) is 0 Å². The number of anilines is 3. The topological polar surface area (TPSA) is 6.48 Å². The Kier molecular flexibility index (Phi) is 14.2. The molecule has 5 aromatic carbocycles. The van der Waals surface area contributed by atoms with Crippen LogP contribution in [0.1, 0.15) is 31.9 Å². The summed E-state index contributed by atoms with van der Waals surface area (Å²) in [5.41, 5.74) is 13.5. The molecular formula is C52H50N2. The van der Waals surface area contributed by atoms with Crippen molar-refractivity contribution in [2.75, 3.05) is 9.80 Å². The summed E-state index contributed by atoms with van der Waals surface area (Å²) in [5, 5.41) is 0. The maximum absolute atomic E-state index is 3.98. The minimum absolute atomic E-state index is 1.02. The Morgan fingerprint density at radius 1 is 0.500 bits per heavy atom. The van der Waals surface area contributed by atoms with E-state index in [-0.39, 0.29) is 0 Å². The summed E-state index contributed by atoms with van der Waals surface area (Å²) in [5.74, 6) is 0. The number of hydrogen-bond acceptors (Lipinski definition) is 2. The lowest BCUT2D eigenvalue weighted by atomic mass is 9.98. The third-order valence-electron chi connectivity index (χ3n) is 8.85. The van der Waals surface area contributed by atoms with E-state index >= 15 is 0 Å². The molecule has 0 amide bonds. The second-order valence-corrected chi connectivity index (χ2v) is 12.7. The highest BCUT2D eigenvalue weighted by Crippen LogP contribution is 2.34. The molecule has 5 aromatic rings. The van der Waals surface area contributed by atoms with Crippen LogP contribution >= 0.6 is 0 Å². The fourth-order valence-electron chi connectivity index (χ4n) is 6.25. The number of allylic oxidation sites excluding steroid dienone is 13. The van der Waals surface area contributed by atoms with E-state index in [1.165, 1.54) is 11.1 Å². The van der Waals surface area contributed by atoms with Gasteiger partial charge in [0, 0.05) is 34.7 Å². The molecule has 0 heterocycles. The highest BCUT2D eigenvalue weighted by molar-refractivity contribution is 5.78. The first-order chi connectivity index (χ1) is 26.5. The summed E-state index contributed by atoms with van der Waals surface area (Å²) in [7, 11) is 0. The molecule has 2 heteroatoms. The molecule has 0 N–H and O–H groups in total. The first-order valence-corrected chi connectivity index (χ1v) is 18.4. The Hall–Kier alpha value is -6.64. The molecular weight excluding hydrogens is 653 g/mol. The lowest BCUT2D eigenvalue weighted by Crippen LogP contribution is -2.15. The molecule has 0 aromatic heterocycles. The highest BCUT2D eigenvalue weighted by atomic mass is 15.1. The molecule has 0 aliphatic carbocycles. The summed E-state index contributed by atoms with van der Waals surface area (Å²) >= 11 is 0. The fourth-order valence-corrected chi connectivity index (χ4v) is 6.25. The predicted octanol–water partition coefficient (Wildman–Crippen LogP) is 14.7. The summed E-state index contributed by atoms with van der Waals surface area (Å²) in [6.45, 7) is 16.2. The van der Waals surface area contributed by atoms with Gasteiger partial charge in [-0.05, 0) is 134 Å². The van der Waals surface area contributed by atoms with E-state index < -0.39 is 0 Å². The van der Waals surface area contributed by atoms with E-state index in [4.69, 9.17) is 0 Å². The van der Waals surface area contributed by atoms with Crippen molar-refractivity contribution in [3.63, 3.8) is 0 Å². The zero-order valence-corrected chi connectivity index (χ0v) is 31.9. The Bertz CT molecular complexity index is 2200. The molecule has 0 unspecified atom stereocenters. The summed E-state index contributed by atoms with van der Waals surface area (Å²) in [6.07, 6.45) is 26.6. The van der Waals surface area contributed by atoms with E-state index in [1.807, 2.05) is 57.2 Å². The van der Waals surface area contributed by atoms with Crippen LogP contribution in [-0.2, 0) is 0 Å². The number of rotatable bonds is 15. The number of nitrogens with zero attached hydrogens (tertiary/aromatic N) is 2. The van der Waals surface area contributed by atoms with Gasteiger partial charge in [0.1, 0.15) is 0 Å². The number of aryl methyl sites for hydroxylation is 1. The van der Waals surface area contributed by atoms with Crippen molar-refractivity contribution in [1.82, 2.24) is 0 Å². The van der Waals surface area contributed by atoms with Gasteiger partial charge in [-0.15, -0.1) is 0 Å². The first kappa shape index (κ1) is 38.6. The molecule has 0 aliphatic heterocycles. The number of hydrogen-bond donors (Lipinski definition) is 0. The minimum atomic E-state index is 1.02. The number of benzene rings is 5. The van der Waals surface area contributed by atoms with Crippen molar-refractivity contribution in [3.05, 3.63) is 242 Å². The van der Waals surface area contributed by atoms with Crippen LogP contribution in [-0.4, -0.2) is 0 Å². The van der Waals surface area contributed by atoms with Crippen molar-refractivity contribution in [2.45, 2.75) is 27.7 Å². The second kappa shape index (κ2) is 19.8. The van der Waals surface area contributed by atoms with Gasteiger partial charge in [0.2, 0.25) is 0 Å². The maximum atomic E-state index is 3.98. The lowest BCUT2D eigenvalue weighted by molar-refractivity contribution is 1.20. The second-order valence-electron chi connectivity index (χ2n) is 12.7. The molecule has 0 radical (unpaired) electrons. The van der Waals surface area contributed by atoms with E-state index in [9.17, 15) is 0 Å². The van der Waals surface area contributed by atoms with Crippen LogP contribution < -0.4 is 9.80 Å². The Balaban J connectivity index is 1.44. The summed E-state index contributed by atoms with van der Waals surface area (Å²) < 4.78 is 0.